The minimum Gasteiger partial charge on any atom is -0.368 e. The van der Waals surface area contributed by atoms with Gasteiger partial charge >= 0.3 is 0 Å². The van der Waals surface area contributed by atoms with E-state index in [-0.39, 0.29) is 11.4 Å². The highest BCUT2D eigenvalue weighted by molar-refractivity contribution is 5.82. The zero-order chi connectivity index (χ0) is 21.4. The summed E-state index contributed by atoms with van der Waals surface area (Å²) in [6.45, 7) is 2.40. The average molecular weight is 414 g/mol. The molecule has 5 aromatic rings. The van der Waals surface area contributed by atoms with Crippen molar-refractivity contribution in [1.82, 2.24) is 24.3 Å². The molecule has 0 bridgehead atoms. The Hall–Kier alpha value is -4.07. The summed E-state index contributed by atoms with van der Waals surface area (Å²) in [4.78, 5) is 29.0. The van der Waals surface area contributed by atoms with Crippen LogP contribution in [0.15, 0.2) is 66.0 Å². The number of nitrogens with zero attached hydrogens (tertiary/aromatic N) is 4. The van der Waals surface area contributed by atoms with Gasteiger partial charge in [0.2, 0.25) is 0 Å². The number of aryl methyl sites for hydroxylation is 1. The van der Waals surface area contributed by atoms with Crippen LogP contribution in [0.2, 0.25) is 0 Å². The van der Waals surface area contributed by atoms with Crippen molar-refractivity contribution < 1.29 is 4.39 Å². The third kappa shape index (κ3) is 3.42. The maximum Gasteiger partial charge on any atom is 0.263 e. The molecule has 0 spiro atoms. The number of imidazole rings is 1. The molecule has 4 heterocycles. The summed E-state index contributed by atoms with van der Waals surface area (Å²) in [7, 11) is 0. The Labute approximate surface area is 176 Å². The Morgan fingerprint density at radius 1 is 1.10 bits per heavy atom. The smallest absolute Gasteiger partial charge is 0.263 e. The number of benzene rings is 1. The quantitative estimate of drug-likeness (QED) is 0.458. The van der Waals surface area contributed by atoms with E-state index < -0.39 is 0 Å². The number of pyridine rings is 2. The van der Waals surface area contributed by atoms with Gasteiger partial charge in [-0.1, -0.05) is 18.2 Å². The second-order valence-electron chi connectivity index (χ2n) is 7.29. The van der Waals surface area contributed by atoms with Crippen molar-refractivity contribution in [1.29, 1.82) is 0 Å². The molecule has 1 aromatic carbocycles. The van der Waals surface area contributed by atoms with Crippen LogP contribution in [-0.2, 0) is 6.42 Å². The van der Waals surface area contributed by atoms with Crippen LogP contribution in [0.3, 0.4) is 0 Å². The molecule has 0 aliphatic rings. The number of aromatic amines is 1. The molecule has 5 rings (SSSR count). The number of hydrogen-bond donors (Lipinski definition) is 2. The highest BCUT2D eigenvalue weighted by atomic mass is 19.1. The van der Waals surface area contributed by atoms with Gasteiger partial charge in [-0.3, -0.25) is 9.20 Å². The molecule has 0 radical (unpaired) electrons. The standard InChI is InChI=1S/C23H19FN6O/c1-14-4-2-7-18-11-16(8-9-25-21-20-22(27-12-26-20)29-13-28-21)19(23(31)30(14)18)15-5-3-6-17(24)10-15/h2-7,10-13H,8-9H2,1H3,(H2,25,26,27,28,29). The first-order valence-electron chi connectivity index (χ1n) is 9.90. The number of nitrogens with one attached hydrogen (secondary N) is 2. The van der Waals surface area contributed by atoms with Gasteiger partial charge in [0.25, 0.3) is 5.56 Å². The van der Waals surface area contributed by atoms with Gasteiger partial charge in [-0.05, 0) is 54.8 Å². The number of rotatable bonds is 5. The Balaban J connectivity index is 1.56. The topological polar surface area (TPSA) is 88.0 Å². The van der Waals surface area contributed by atoms with E-state index in [9.17, 15) is 9.18 Å². The van der Waals surface area contributed by atoms with Crippen LogP contribution in [0.5, 0.6) is 0 Å². The van der Waals surface area contributed by atoms with Gasteiger partial charge in [-0.2, -0.15) is 0 Å². The Morgan fingerprint density at radius 2 is 1.97 bits per heavy atom. The van der Waals surface area contributed by atoms with Gasteiger partial charge in [0.1, 0.15) is 17.7 Å². The summed E-state index contributed by atoms with van der Waals surface area (Å²) in [6, 6.07) is 13.8. The zero-order valence-corrected chi connectivity index (χ0v) is 16.8. The van der Waals surface area contributed by atoms with E-state index in [4.69, 9.17) is 0 Å². The third-order valence-corrected chi connectivity index (χ3v) is 5.29. The fourth-order valence-electron chi connectivity index (χ4n) is 3.89. The Kier molecular flexibility index (Phi) is 4.66. The lowest BCUT2D eigenvalue weighted by Crippen LogP contribution is -2.21. The van der Waals surface area contributed by atoms with E-state index in [0.29, 0.717) is 41.1 Å². The molecule has 0 saturated heterocycles. The van der Waals surface area contributed by atoms with Crippen molar-refractivity contribution >= 4 is 22.5 Å². The molecule has 154 valence electrons. The predicted molar refractivity (Wildman–Crippen MR) is 118 cm³/mol. The fourth-order valence-corrected chi connectivity index (χ4v) is 3.89. The molecule has 0 amide bonds. The molecule has 2 N–H and O–H groups in total. The molecular formula is C23H19FN6O. The number of anilines is 1. The Morgan fingerprint density at radius 3 is 2.84 bits per heavy atom. The van der Waals surface area contributed by atoms with Crippen molar-refractivity contribution in [2.75, 3.05) is 11.9 Å². The van der Waals surface area contributed by atoms with E-state index in [2.05, 4.69) is 25.3 Å². The molecule has 8 heteroatoms. The molecule has 0 unspecified atom stereocenters. The normalized spacial score (nSPS) is 11.3. The molecule has 0 saturated carbocycles. The van der Waals surface area contributed by atoms with E-state index in [1.165, 1.54) is 18.5 Å². The maximum atomic E-state index is 14.0. The summed E-state index contributed by atoms with van der Waals surface area (Å²) in [5, 5.41) is 3.27. The van der Waals surface area contributed by atoms with Gasteiger partial charge < -0.3 is 10.3 Å². The van der Waals surface area contributed by atoms with Crippen molar-refractivity contribution in [3.63, 3.8) is 0 Å². The van der Waals surface area contributed by atoms with Crippen molar-refractivity contribution in [3.8, 4) is 11.1 Å². The van der Waals surface area contributed by atoms with E-state index in [1.54, 1.807) is 22.9 Å². The molecule has 31 heavy (non-hydrogen) atoms. The van der Waals surface area contributed by atoms with Crippen LogP contribution < -0.4 is 10.9 Å². The van der Waals surface area contributed by atoms with Gasteiger partial charge in [0.05, 0.1) is 11.9 Å². The van der Waals surface area contributed by atoms with Crippen molar-refractivity contribution in [2.45, 2.75) is 13.3 Å². The zero-order valence-electron chi connectivity index (χ0n) is 16.8. The first-order valence-corrected chi connectivity index (χ1v) is 9.90. The maximum absolute atomic E-state index is 14.0. The van der Waals surface area contributed by atoms with Crippen LogP contribution in [0.1, 0.15) is 11.3 Å². The lowest BCUT2D eigenvalue weighted by molar-refractivity contribution is 0.628. The van der Waals surface area contributed by atoms with Crippen LogP contribution in [0.4, 0.5) is 10.2 Å². The van der Waals surface area contributed by atoms with Gasteiger partial charge in [0, 0.05) is 17.8 Å². The summed E-state index contributed by atoms with van der Waals surface area (Å²) in [5.41, 5.74) is 4.67. The Bertz CT molecular complexity index is 1470. The van der Waals surface area contributed by atoms with Gasteiger partial charge in [0.15, 0.2) is 11.5 Å². The number of hydrogen-bond acceptors (Lipinski definition) is 5. The molecule has 4 aromatic heterocycles. The summed E-state index contributed by atoms with van der Waals surface area (Å²) >= 11 is 0. The SMILES string of the molecule is Cc1cccc2cc(CCNc3ncnc4[nH]cnc34)c(-c3cccc(F)c3)c(=O)n12. The molecule has 0 aliphatic heterocycles. The summed E-state index contributed by atoms with van der Waals surface area (Å²) in [6.07, 6.45) is 3.58. The van der Waals surface area contributed by atoms with Crippen LogP contribution in [0.25, 0.3) is 27.8 Å². The van der Waals surface area contributed by atoms with Gasteiger partial charge in [-0.15, -0.1) is 0 Å². The monoisotopic (exact) mass is 414 g/mol. The molecule has 0 fully saturated rings. The van der Waals surface area contributed by atoms with E-state index in [0.717, 1.165) is 16.8 Å². The first-order chi connectivity index (χ1) is 15.1. The highest BCUT2D eigenvalue weighted by Gasteiger charge is 2.15. The fraction of sp³-hybridized carbons (Fsp3) is 0.130. The number of fused-ring (bicyclic) bond motifs is 2. The van der Waals surface area contributed by atoms with Crippen LogP contribution >= 0.6 is 0 Å². The minimum absolute atomic E-state index is 0.159. The van der Waals surface area contributed by atoms with Crippen molar-refractivity contribution in [3.05, 3.63) is 88.6 Å². The molecular weight excluding hydrogens is 395 g/mol. The number of halogens is 1. The highest BCUT2D eigenvalue weighted by Crippen LogP contribution is 2.24. The van der Waals surface area contributed by atoms with Gasteiger partial charge in [-0.25, -0.2) is 19.3 Å². The average Bonchev–Trinajstić information content (AvgIpc) is 3.23. The largest absolute Gasteiger partial charge is 0.368 e. The van der Waals surface area contributed by atoms with Crippen molar-refractivity contribution in [2.24, 2.45) is 0 Å². The first kappa shape index (κ1) is 18.9. The van der Waals surface area contributed by atoms with Crippen LogP contribution in [0, 0.1) is 12.7 Å². The molecule has 7 nitrogen and oxygen atoms in total. The summed E-state index contributed by atoms with van der Waals surface area (Å²) in [5.74, 6) is 0.240. The van der Waals surface area contributed by atoms with Crippen LogP contribution in [-0.4, -0.2) is 30.9 Å². The molecule has 0 atom stereocenters. The number of H-pyrrole nitrogens is 1. The second kappa shape index (κ2) is 7.64. The molecule has 0 aliphatic carbocycles. The second-order valence-corrected chi connectivity index (χ2v) is 7.29. The van der Waals surface area contributed by atoms with E-state index in [1.807, 2.05) is 31.2 Å². The van der Waals surface area contributed by atoms with E-state index >= 15 is 0 Å². The lowest BCUT2D eigenvalue weighted by atomic mass is 9.98. The lowest BCUT2D eigenvalue weighted by Gasteiger charge is -2.14. The predicted octanol–water partition coefficient (Wildman–Crippen LogP) is 3.73. The number of aromatic nitrogens is 5. The minimum atomic E-state index is -0.377. The third-order valence-electron chi connectivity index (χ3n) is 5.29. The summed E-state index contributed by atoms with van der Waals surface area (Å²) < 4.78 is 15.6.